The lowest BCUT2D eigenvalue weighted by atomic mass is 9.88. The van der Waals surface area contributed by atoms with Crippen LogP contribution in [0.5, 0.6) is 0 Å². The van der Waals surface area contributed by atoms with Gasteiger partial charge in [0.25, 0.3) is 5.56 Å². The first-order valence-corrected chi connectivity index (χ1v) is 8.24. The molecule has 1 aliphatic rings. The molecule has 1 heterocycles. The largest absolute Gasteiger partial charge is 0.288 e. The predicted octanol–water partition coefficient (Wildman–Crippen LogP) is 2.82. The third-order valence-corrected chi connectivity index (χ3v) is 4.43. The molecule has 0 atom stereocenters. The maximum absolute atomic E-state index is 13.1. The van der Waals surface area contributed by atoms with Crippen LogP contribution < -0.4 is 5.56 Å². The van der Waals surface area contributed by atoms with Gasteiger partial charge in [0.05, 0.1) is 5.69 Å². The molecule has 1 aromatic heterocycles. The number of nitrogens with zero attached hydrogens (tertiary/aromatic N) is 2. The van der Waals surface area contributed by atoms with Crippen molar-refractivity contribution in [3.63, 3.8) is 0 Å². The number of ketones is 2. The molecule has 1 aliphatic carbocycles. The van der Waals surface area contributed by atoms with Gasteiger partial charge in [-0.05, 0) is 18.6 Å². The SMILES string of the molecule is CCCn1c(=O)c2c(n1-c1ccccc1)C(=O)c1ccccc1C2=O. The van der Waals surface area contributed by atoms with E-state index in [1.54, 1.807) is 28.9 Å². The van der Waals surface area contributed by atoms with Gasteiger partial charge in [0.2, 0.25) is 11.6 Å². The van der Waals surface area contributed by atoms with Crippen LogP contribution in [0, 0.1) is 0 Å². The van der Waals surface area contributed by atoms with Crippen LogP contribution in [0.2, 0.25) is 0 Å². The summed E-state index contributed by atoms with van der Waals surface area (Å²) in [7, 11) is 0. The fourth-order valence-corrected chi connectivity index (χ4v) is 3.35. The third-order valence-electron chi connectivity index (χ3n) is 4.43. The van der Waals surface area contributed by atoms with Crippen molar-refractivity contribution < 1.29 is 9.59 Å². The van der Waals surface area contributed by atoms with E-state index in [1.165, 1.54) is 4.68 Å². The summed E-state index contributed by atoms with van der Waals surface area (Å²) in [6, 6.07) is 15.9. The second kappa shape index (κ2) is 5.70. The predicted molar refractivity (Wildman–Crippen MR) is 93.6 cm³/mol. The molecule has 0 spiro atoms. The van der Waals surface area contributed by atoms with Crippen molar-refractivity contribution >= 4 is 11.6 Å². The molecule has 0 fully saturated rings. The molecule has 3 aromatic rings. The zero-order chi connectivity index (χ0) is 17.6. The molecule has 4 rings (SSSR count). The van der Waals surface area contributed by atoms with Crippen LogP contribution >= 0.6 is 0 Å². The Morgan fingerprint density at radius 1 is 0.800 bits per heavy atom. The third kappa shape index (κ3) is 2.12. The summed E-state index contributed by atoms with van der Waals surface area (Å²) < 4.78 is 3.08. The van der Waals surface area contributed by atoms with E-state index in [0.29, 0.717) is 29.8 Å². The Morgan fingerprint density at radius 2 is 1.40 bits per heavy atom. The van der Waals surface area contributed by atoms with Gasteiger partial charge >= 0.3 is 0 Å². The van der Waals surface area contributed by atoms with E-state index in [-0.39, 0.29) is 22.8 Å². The zero-order valence-corrected chi connectivity index (χ0v) is 13.7. The van der Waals surface area contributed by atoms with Gasteiger partial charge in [-0.1, -0.05) is 49.4 Å². The number of carbonyl (C=O) groups excluding carboxylic acids is 2. The van der Waals surface area contributed by atoms with Gasteiger partial charge in [-0.3, -0.25) is 14.4 Å². The minimum absolute atomic E-state index is 0.0268. The molecule has 124 valence electrons. The molecule has 0 saturated heterocycles. The Hall–Kier alpha value is -3.21. The summed E-state index contributed by atoms with van der Waals surface area (Å²) in [5.41, 5.74) is 1.06. The van der Waals surface area contributed by atoms with Crippen molar-refractivity contribution in [3.8, 4) is 5.69 Å². The first-order chi connectivity index (χ1) is 12.1. The molecule has 5 nitrogen and oxygen atoms in total. The molecule has 0 bridgehead atoms. The quantitative estimate of drug-likeness (QED) is 0.579. The van der Waals surface area contributed by atoms with Crippen LogP contribution in [0.3, 0.4) is 0 Å². The van der Waals surface area contributed by atoms with Gasteiger partial charge < -0.3 is 0 Å². The van der Waals surface area contributed by atoms with E-state index < -0.39 is 5.56 Å². The highest BCUT2D eigenvalue weighted by atomic mass is 16.2. The smallest absolute Gasteiger partial charge is 0.279 e. The summed E-state index contributed by atoms with van der Waals surface area (Å²) in [6.45, 7) is 2.38. The van der Waals surface area contributed by atoms with Gasteiger partial charge in [0, 0.05) is 17.7 Å². The molecule has 25 heavy (non-hydrogen) atoms. The van der Waals surface area contributed by atoms with Crippen LogP contribution in [0.4, 0.5) is 0 Å². The highest BCUT2D eigenvalue weighted by molar-refractivity contribution is 6.27. The number of aromatic nitrogens is 2. The van der Waals surface area contributed by atoms with Crippen molar-refractivity contribution in [1.82, 2.24) is 9.36 Å². The molecule has 0 saturated carbocycles. The number of hydrogen-bond donors (Lipinski definition) is 0. The van der Waals surface area contributed by atoms with Crippen molar-refractivity contribution in [2.24, 2.45) is 0 Å². The van der Waals surface area contributed by atoms with E-state index in [2.05, 4.69) is 0 Å². The minimum atomic E-state index is -0.409. The molecule has 2 aromatic carbocycles. The number of fused-ring (bicyclic) bond motifs is 2. The highest BCUT2D eigenvalue weighted by Gasteiger charge is 2.37. The fraction of sp³-hybridized carbons (Fsp3) is 0.150. The normalized spacial score (nSPS) is 12.8. The average Bonchev–Trinajstić information content (AvgIpc) is 2.94. The Bertz CT molecular complexity index is 1060. The fourth-order valence-electron chi connectivity index (χ4n) is 3.35. The number of carbonyl (C=O) groups is 2. The van der Waals surface area contributed by atoms with E-state index >= 15 is 0 Å². The molecule has 0 unspecified atom stereocenters. The monoisotopic (exact) mass is 332 g/mol. The number of hydrogen-bond acceptors (Lipinski definition) is 3. The first kappa shape index (κ1) is 15.3. The van der Waals surface area contributed by atoms with Crippen molar-refractivity contribution in [2.75, 3.05) is 0 Å². The lowest BCUT2D eigenvalue weighted by Gasteiger charge is -2.17. The number of para-hydroxylation sites is 1. The lowest BCUT2D eigenvalue weighted by molar-refractivity contribution is 0.0974. The summed E-state index contributed by atoms with van der Waals surface area (Å²) in [5, 5.41) is 0. The van der Waals surface area contributed by atoms with Crippen LogP contribution in [0.1, 0.15) is 45.3 Å². The van der Waals surface area contributed by atoms with Gasteiger partial charge in [-0.15, -0.1) is 0 Å². The Balaban J connectivity index is 2.09. The lowest BCUT2D eigenvalue weighted by Crippen LogP contribution is -2.26. The standard InChI is InChI=1S/C20H16N2O3/c1-2-12-21-20(25)16-17(22(21)13-8-4-3-5-9-13)19(24)15-11-7-6-10-14(15)18(16)23/h3-11H,2,12H2,1H3. The average molecular weight is 332 g/mol. The first-order valence-electron chi connectivity index (χ1n) is 8.24. The maximum atomic E-state index is 13.1. The Morgan fingerprint density at radius 3 is 2.04 bits per heavy atom. The minimum Gasteiger partial charge on any atom is -0.288 e. The number of rotatable bonds is 3. The van der Waals surface area contributed by atoms with Gasteiger partial charge in [0.1, 0.15) is 11.3 Å². The summed E-state index contributed by atoms with van der Waals surface area (Å²) in [6.07, 6.45) is 0.713. The Labute approximate surface area is 144 Å². The van der Waals surface area contributed by atoms with Crippen LogP contribution in [-0.2, 0) is 6.54 Å². The van der Waals surface area contributed by atoms with Crippen molar-refractivity contribution in [2.45, 2.75) is 19.9 Å². The second-order valence-electron chi connectivity index (χ2n) is 6.00. The van der Waals surface area contributed by atoms with Crippen LogP contribution in [-0.4, -0.2) is 20.9 Å². The topological polar surface area (TPSA) is 61.1 Å². The van der Waals surface area contributed by atoms with Crippen molar-refractivity contribution in [3.05, 3.63) is 87.3 Å². The second-order valence-corrected chi connectivity index (χ2v) is 6.00. The van der Waals surface area contributed by atoms with E-state index in [9.17, 15) is 14.4 Å². The molecule has 0 amide bonds. The number of benzene rings is 2. The van der Waals surface area contributed by atoms with E-state index in [1.807, 2.05) is 37.3 Å². The van der Waals surface area contributed by atoms with Gasteiger partial charge in [-0.2, -0.15) is 0 Å². The highest BCUT2D eigenvalue weighted by Crippen LogP contribution is 2.27. The van der Waals surface area contributed by atoms with Crippen LogP contribution in [0.25, 0.3) is 5.69 Å². The van der Waals surface area contributed by atoms with Crippen molar-refractivity contribution in [1.29, 1.82) is 0 Å². The summed E-state index contributed by atoms with van der Waals surface area (Å²) >= 11 is 0. The van der Waals surface area contributed by atoms with Gasteiger partial charge in [0.15, 0.2) is 0 Å². The van der Waals surface area contributed by atoms with Gasteiger partial charge in [-0.25, -0.2) is 9.36 Å². The summed E-state index contributed by atoms with van der Waals surface area (Å²) in [4.78, 5) is 38.9. The zero-order valence-electron chi connectivity index (χ0n) is 13.7. The molecular weight excluding hydrogens is 316 g/mol. The Kier molecular flexibility index (Phi) is 3.50. The molecule has 0 N–H and O–H groups in total. The molecule has 5 heteroatoms. The molecular formula is C20H16N2O3. The summed E-state index contributed by atoms with van der Waals surface area (Å²) in [5.74, 6) is -0.671. The van der Waals surface area contributed by atoms with Crippen LogP contribution in [0.15, 0.2) is 59.4 Å². The maximum Gasteiger partial charge on any atom is 0.279 e. The molecule has 0 radical (unpaired) electrons. The molecule has 0 aliphatic heterocycles. The van der Waals surface area contributed by atoms with E-state index in [4.69, 9.17) is 0 Å². The van der Waals surface area contributed by atoms with E-state index in [0.717, 1.165) is 0 Å².